The minimum atomic E-state index is -2.89. The van der Waals surface area contributed by atoms with Gasteiger partial charge in [-0.15, -0.1) is 0 Å². The van der Waals surface area contributed by atoms with Crippen LogP contribution in [-0.4, -0.2) is 49.5 Å². The molecule has 0 radical (unpaired) electrons. The number of hydrogen-bond donors (Lipinski definition) is 1. The Kier molecular flexibility index (Phi) is 5.31. The van der Waals surface area contributed by atoms with Gasteiger partial charge in [-0.25, -0.2) is 13.4 Å². The number of rotatable bonds is 5. The summed E-state index contributed by atoms with van der Waals surface area (Å²) in [5, 5.41) is 3.29. The SMILES string of the molecule is CCCNCc1cncc(N2CCCS(=O)(=O)CC2)n1. The molecule has 7 heteroatoms. The lowest BCUT2D eigenvalue weighted by atomic mass is 10.3. The third-order valence-corrected chi connectivity index (χ3v) is 5.00. The number of anilines is 1. The van der Waals surface area contributed by atoms with E-state index in [2.05, 4.69) is 22.2 Å². The van der Waals surface area contributed by atoms with Gasteiger partial charge >= 0.3 is 0 Å². The second kappa shape index (κ2) is 6.99. The zero-order valence-corrected chi connectivity index (χ0v) is 12.7. The molecule has 6 nitrogen and oxygen atoms in total. The maximum absolute atomic E-state index is 11.6. The first-order chi connectivity index (χ1) is 9.61. The van der Waals surface area contributed by atoms with E-state index in [1.165, 1.54) is 0 Å². The largest absolute Gasteiger partial charge is 0.354 e. The number of nitrogens with zero attached hydrogens (tertiary/aromatic N) is 3. The second-order valence-corrected chi connectivity index (χ2v) is 7.34. The molecule has 112 valence electrons. The molecule has 2 heterocycles. The van der Waals surface area contributed by atoms with Gasteiger partial charge in [0.1, 0.15) is 5.82 Å². The van der Waals surface area contributed by atoms with E-state index in [0.29, 0.717) is 19.5 Å². The van der Waals surface area contributed by atoms with Crippen molar-refractivity contribution in [3.63, 3.8) is 0 Å². The van der Waals surface area contributed by atoms with Crippen molar-refractivity contribution in [2.24, 2.45) is 0 Å². The van der Waals surface area contributed by atoms with Gasteiger partial charge in [0.2, 0.25) is 0 Å². The van der Waals surface area contributed by atoms with Crippen LogP contribution in [0, 0.1) is 0 Å². The van der Waals surface area contributed by atoms with Gasteiger partial charge < -0.3 is 10.2 Å². The minimum Gasteiger partial charge on any atom is -0.354 e. The molecule has 1 aromatic heterocycles. The fourth-order valence-corrected chi connectivity index (χ4v) is 3.46. The van der Waals surface area contributed by atoms with Crippen molar-refractivity contribution < 1.29 is 8.42 Å². The highest BCUT2D eigenvalue weighted by Gasteiger charge is 2.20. The van der Waals surface area contributed by atoms with Crippen molar-refractivity contribution >= 4 is 15.7 Å². The Morgan fingerprint density at radius 3 is 2.95 bits per heavy atom. The number of aromatic nitrogens is 2. The van der Waals surface area contributed by atoms with Gasteiger partial charge in [0.05, 0.1) is 23.4 Å². The van der Waals surface area contributed by atoms with E-state index in [1.807, 2.05) is 4.90 Å². The van der Waals surface area contributed by atoms with Crippen LogP contribution in [0.25, 0.3) is 0 Å². The average molecular weight is 298 g/mol. The molecule has 0 bridgehead atoms. The van der Waals surface area contributed by atoms with Gasteiger partial charge in [0, 0.05) is 25.8 Å². The lowest BCUT2D eigenvalue weighted by Crippen LogP contribution is -2.28. The van der Waals surface area contributed by atoms with E-state index >= 15 is 0 Å². The summed E-state index contributed by atoms with van der Waals surface area (Å²) in [6, 6.07) is 0. The van der Waals surface area contributed by atoms with Gasteiger partial charge in [-0.2, -0.15) is 0 Å². The first-order valence-corrected chi connectivity index (χ1v) is 8.90. The van der Waals surface area contributed by atoms with Crippen LogP contribution < -0.4 is 10.2 Å². The fourth-order valence-electron chi connectivity index (χ4n) is 2.19. The van der Waals surface area contributed by atoms with Crippen LogP contribution in [0.15, 0.2) is 12.4 Å². The maximum Gasteiger partial charge on any atom is 0.152 e. The van der Waals surface area contributed by atoms with Gasteiger partial charge in [0.15, 0.2) is 9.84 Å². The topological polar surface area (TPSA) is 75.2 Å². The van der Waals surface area contributed by atoms with Crippen molar-refractivity contribution in [3.8, 4) is 0 Å². The first kappa shape index (κ1) is 15.2. The fraction of sp³-hybridized carbons (Fsp3) is 0.692. The summed E-state index contributed by atoms with van der Waals surface area (Å²) in [5.41, 5.74) is 0.892. The quantitative estimate of drug-likeness (QED) is 0.802. The Hall–Kier alpha value is -1.21. The summed E-state index contributed by atoms with van der Waals surface area (Å²) in [6.07, 6.45) is 5.20. The van der Waals surface area contributed by atoms with Gasteiger partial charge in [-0.3, -0.25) is 4.98 Å². The first-order valence-electron chi connectivity index (χ1n) is 7.08. The third-order valence-electron chi connectivity index (χ3n) is 3.28. The monoisotopic (exact) mass is 298 g/mol. The van der Waals surface area contributed by atoms with E-state index in [9.17, 15) is 8.42 Å². The average Bonchev–Trinajstić information content (AvgIpc) is 2.60. The van der Waals surface area contributed by atoms with Crippen molar-refractivity contribution in [1.82, 2.24) is 15.3 Å². The maximum atomic E-state index is 11.6. The van der Waals surface area contributed by atoms with Crippen LogP contribution in [0.4, 0.5) is 5.82 Å². The Labute approximate surface area is 120 Å². The second-order valence-electron chi connectivity index (χ2n) is 5.04. The predicted octanol–water partition coefficient (Wildman–Crippen LogP) is 0.601. The van der Waals surface area contributed by atoms with Crippen molar-refractivity contribution in [2.75, 3.05) is 36.0 Å². The molecule has 0 aliphatic carbocycles. The van der Waals surface area contributed by atoms with Crippen LogP contribution in [0.2, 0.25) is 0 Å². The van der Waals surface area contributed by atoms with Crippen LogP contribution >= 0.6 is 0 Å². The van der Waals surface area contributed by atoms with Crippen LogP contribution in [0.1, 0.15) is 25.5 Å². The van der Waals surface area contributed by atoms with Crippen molar-refractivity contribution in [1.29, 1.82) is 0 Å². The summed E-state index contributed by atoms with van der Waals surface area (Å²) < 4.78 is 23.2. The van der Waals surface area contributed by atoms with Crippen LogP contribution in [0.5, 0.6) is 0 Å². The molecule has 0 spiro atoms. The Balaban J connectivity index is 2.02. The normalized spacial score (nSPS) is 18.8. The van der Waals surface area contributed by atoms with Gasteiger partial charge in [-0.05, 0) is 19.4 Å². The van der Waals surface area contributed by atoms with E-state index in [4.69, 9.17) is 0 Å². The Bertz CT molecular complexity index is 533. The number of sulfone groups is 1. The van der Waals surface area contributed by atoms with Gasteiger partial charge in [0.25, 0.3) is 0 Å². The molecule has 2 rings (SSSR count). The predicted molar refractivity (Wildman–Crippen MR) is 79.5 cm³/mol. The third kappa shape index (κ3) is 4.42. The lowest BCUT2D eigenvalue weighted by Gasteiger charge is -2.20. The molecular weight excluding hydrogens is 276 g/mol. The minimum absolute atomic E-state index is 0.201. The van der Waals surface area contributed by atoms with E-state index in [0.717, 1.165) is 31.0 Å². The number of hydrogen-bond acceptors (Lipinski definition) is 6. The smallest absolute Gasteiger partial charge is 0.152 e. The van der Waals surface area contributed by atoms with E-state index < -0.39 is 9.84 Å². The van der Waals surface area contributed by atoms with Crippen LogP contribution in [0.3, 0.4) is 0 Å². The molecule has 0 amide bonds. The molecule has 20 heavy (non-hydrogen) atoms. The molecule has 1 aliphatic rings. The highest BCUT2D eigenvalue weighted by atomic mass is 32.2. The zero-order chi connectivity index (χ0) is 14.4. The summed E-state index contributed by atoms with van der Waals surface area (Å²) in [4.78, 5) is 10.8. The summed E-state index contributed by atoms with van der Waals surface area (Å²) >= 11 is 0. The molecule has 0 saturated carbocycles. The highest BCUT2D eigenvalue weighted by Crippen LogP contribution is 2.14. The number of nitrogens with one attached hydrogen (secondary N) is 1. The molecule has 0 unspecified atom stereocenters. The Morgan fingerprint density at radius 2 is 2.15 bits per heavy atom. The standard InChI is InChI=1S/C13H22N4O2S/c1-2-4-14-9-12-10-15-11-13(16-12)17-5-3-7-20(18,19)8-6-17/h10-11,14H,2-9H2,1H3. The molecular formula is C13H22N4O2S. The molecule has 1 saturated heterocycles. The van der Waals surface area contributed by atoms with Crippen molar-refractivity contribution in [3.05, 3.63) is 18.1 Å². The molecule has 0 aromatic carbocycles. The van der Waals surface area contributed by atoms with E-state index in [1.54, 1.807) is 12.4 Å². The summed E-state index contributed by atoms with van der Waals surface area (Å²) in [5.74, 6) is 1.25. The molecule has 0 atom stereocenters. The summed E-state index contributed by atoms with van der Waals surface area (Å²) in [7, 11) is -2.89. The molecule has 1 aromatic rings. The van der Waals surface area contributed by atoms with E-state index in [-0.39, 0.29) is 11.5 Å². The zero-order valence-electron chi connectivity index (χ0n) is 11.9. The van der Waals surface area contributed by atoms with Crippen molar-refractivity contribution in [2.45, 2.75) is 26.3 Å². The van der Waals surface area contributed by atoms with Gasteiger partial charge in [-0.1, -0.05) is 6.92 Å². The summed E-state index contributed by atoms with van der Waals surface area (Å²) in [6.45, 7) is 4.99. The molecule has 1 aliphatic heterocycles. The van der Waals surface area contributed by atoms with Crippen LogP contribution in [-0.2, 0) is 16.4 Å². The molecule has 1 N–H and O–H groups in total. The Morgan fingerprint density at radius 1 is 1.30 bits per heavy atom. The highest BCUT2D eigenvalue weighted by molar-refractivity contribution is 7.91. The molecule has 1 fully saturated rings. The lowest BCUT2D eigenvalue weighted by molar-refractivity contribution is 0.597.